The molecular formula is C34H35FNO+. The third-order valence-electron chi connectivity index (χ3n) is 7.65. The lowest BCUT2D eigenvalue weighted by Gasteiger charge is -2.28. The van der Waals surface area contributed by atoms with Crippen LogP contribution < -0.4 is 9.30 Å². The Hall–Kier alpha value is -3.46. The second-order valence-electron chi connectivity index (χ2n) is 12.4. The largest absolute Gasteiger partial charge is 0.455 e. The number of pyridine rings is 1. The van der Waals surface area contributed by atoms with Gasteiger partial charge < -0.3 is 4.74 Å². The van der Waals surface area contributed by atoms with Gasteiger partial charge in [0.25, 0.3) is 0 Å². The first kappa shape index (κ1) is 23.9. The Labute approximate surface area is 218 Å². The molecule has 0 saturated carbocycles. The number of nitrogens with zero attached hydrogens (tertiary/aromatic N) is 1. The molecule has 1 aliphatic rings. The summed E-state index contributed by atoms with van der Waals surface area (Å²) >= 11 is 0. The molecule has 0 unspecified atom stereocenters. The van der Waals surface area contributed by atoms with Crippen molar-refractivity contribution in [3.8, 4) is 22.8 Å². The van der Waals surface area contributed by atoms with E-state index in [0.29, 0.717) is 5.92 Å². The van der Waals surface area contributed by atoms with Crippen molar-refractivity contribution in [2.24, 2.45) is 18.4 Å². The first-order valence-corrected chi connectivity index (χ1v) is 13.3. The van der Waals surface area contributed by atoms with E-state index < -0.39 is 0 Å². The highest BCUT2D eigenvalue weighted by molar-refractivity contribution is 6.16. The monoisotopic (exact) mass is 492 g/mol. The minimum atomic E-state index is -0.220. The first-order valence-electron chi connectivity index (χ1n) is 13.3. The van der Waals surface area contributed by atoms with E-state index >= 15 is 0 Å². The summed E-state index contributed by atoms with van der Waals surface area (Å²) < 4.78 is 23.4. The van der Waals surface area contributed by atoms with Crippen LogP contribution in [0.1, 0.15) is 51.3 Å². The summed E-state index contributed by atoms with van der Waals surface area (Å²) in [5, 5.41) is 6.56. The van der Waals surface area contributed by atoms with Crippen molar-refractivity contribution in [1.82, 2.24) is 0 Å². The molecule has 0 fully saturated rings. The number of rotatable bonds is 3. The van der Waals surface area contributed by atoms with Gasteiger partial charge in [0.1, 0.15) is 24.4 Å². The molecule has 3 heteroatoms. The van der Waals surface area contributed by atoms with Crippen molar-refractivity contribution in [3.05, 3.63) is 77.2 Å². The number of benzene rings is 4. The van der Waals surface area contributed by atoms with Crippen LogP contribution in [-0.4, -0.2) is 0 Å². The average Bonchev–Trinajstić information content (AvgIpc) is 2.82. The molecule has 0 atom stereocenters. The molecule has 188 valence electrons. The summed E-state index contributed by atoms with van der Waals surface area (Å²) in [6.07, 6.45) is 4.06. The number of aryl methyl sites for hydroxylation is 2. The summed E-state index contributed by atoms with van der Waals surface area (Å²) in [6, 6.07) is 16.2. The van der Waals surface area contributed by atoms with Crippen LogP contribution in [0.25, 0.3) is 43.6 Å². The van der Waals surface area contributed by atoms with E-state index in [4.69, 9.17) is 4.74 Å². The van der Waals surface area contributed by atoms with Crippen LogP contribution in [0.2, 0.25) is 0 Å². The fourth-order valence-electron chi connectivity index (χ4n) is 6.16. The fraction of sp³-hybridized carbons (Fsp3) is 0.324. The highest BCUT2D eigenvalue weighted by Crippen LogP contribution is 2.52. The minimum absolute atomic E-state index is 0.0886. The predicted octanol–water partition coefficient (Wildman–Crippen LogP) is 8.98. The second-order valence-corrected chi connectivity index (χ2v) is 12.4. The smallest absolute Gasteiger partial charge is 0.228 e. The molecule has 37 heavy (non-hydrogen) atoms. The van der Waals surface area contributed by atoms with Crippen LogP contribution in [0.3, 0.4) is 0 Å². The van der Waals surface area contributed by atoms with E-state index in [1.165, 1.54) is 33.5 Å². The SMILES string of the molecule is Cc1c2c(c(CC(C)(C)C)c3ccc(CC(C)C)cc13)Oc1cc3ccc(F)cc3c3cc[n+](C)c-2c13. The summed E-state index contributed by atoms with van der Waals surface area (Å²) in [5.74, 6) is 2.19. The first-order chi connectivity index (χ1) is 17.5. The van der Waals surface area contributed by atoms with Gasteiger partial charge in [0.2, 0.25) is 5.69 Å². The molecular weight excluding hydrogens is 457 g/mol. The van der Waals surface area contributed by atoms with E-state index in [1.54, 1.807) is 6.07 Å². The Morgan fingerprint density at radius 2 is 1.70 bits per heavy atom. The highest BCUT2D eigenvalue weighted by atomic mass is 19.1. The van der Waals surface area contributed by atoms with Crippen molar-refractivity contribution in [3.63, 3.8) is 0 Å². The minimum Gasteiger partial charge on any atom is -0.455 e. The number of hydrogen-bond donors (Lipinski definition) is 0. The normalized spacial score (nSPS) is 13.0. The van der Waals surface area contributed by atoms with Crippen LogP contribution in [-0.2, 0) is 19.9 Å². The van der Waals surface area contributed by atoms with Gasteiger partial charge in [-0.15, -0.1) is 0 Å². The van der Waals surface area contributed by atoms with Gasteiger partial charge in [-0.25, -0.2) is 8.96 Å². The maximum Gasteiger partial charge on any atom is 0.228 e. The summed E-state index contributed by atoms with van der Waals surface area (Å²) in [6.45, 7) is 13.6. The van der Waals surface area contributed by atoms with Gasteiger partial charge in [0.05, 0.1) is 10.9 Å². The number of halogens is 1. The molecule has 6 rings (SSSR count). The molecule has 1 aromatic heterocycles. The topological polar surface area (TPSA) is 13.1 Å². The summed E-state index contributed by atoms with van der Waals surface area (Å²) in [7, 11) is 2.10. The van der Waals surface area contributed by atoms with Gasteiger partial charge >= 0.3 is 0 Å². The number of hydrogen-bond acceptors (Lipinski definition) is 1. The quantitative estimate of drug-likeness (QED) is 0.177. The van der Waals surface area contributed by atoms with E-state index in [2.05, 4.69) is 89.7 Å². The molecule has 0 N–H and O–H groups in total. The van der Waals surface area contributed by atoms with Crippen LogP contribution in [0.4, 0.5) is 4.39 Å². The molecule has 2 nitrogen and oxygen atoms in total. The van der Waals surface area contributed by atoms with Crippen molar-refractivity contribution < 1.29 is 13.7 Å². The summed E-state index contributed by atoms with van der Waals surface area (Å²) in [4.78, 5) is 0. The Morgan fingerprint density at radius 1 is 0.919 bits per heavy atom. The van der Waals surface area contributed by atoms with Gasteiger partial charge in [-0.1, -0.05) is 58.9 Å². The zero-order valence-corrected chi connectivity index (χ0v) is 22.9. The standard InChI is InChI=1S/C34H35FNO/c1-19(2)14-21-8-11-24-26(15-21)20(3)30-32-31-25(12-13-36(32)7)27-17-23(35)10-9-22(27)16-29(31)37-33(30)28(24)18-34(4,5)6/h8-13,15-17,19H,14,18H2,1-7H3/q+1. The lowest BCUT2D eigenvalue weighted by molar-refractivity contribution is -0.659. The molecule has 0 amide bonds. The molecule has 0 aliphatic carbocycles. The highest BCUT2D eigenvalue weighted by Gasteiger charge is 2.34. The Balaban J connectivity index is 1.77. The molecule has 0 bridgehead atoms. The van der Waals surface area contributed by atoms with Crippen molar-refractivity contribution in [2.75, 3.05) is 0 Å². The van der Waals surface area contributed by atoms with Crippen LogP contribution in [0, 0.1) is 24.1 Å². The van der Waals surface area contributed by atoms with E-state index in [1.807, 2.05) is 6.07 Å². The second kappa shape index (κ2) is 8.28. The summed E-state index contributed by atoms with van der Waals surface area (Å²) in [5.41, 5.74) is 6.26. The van der Waals surface area contributed by atoms with Gasteiger partial charge in [0, 0.05) is 17.0 Å². The van der Waals surface area contributed by atoms with Crippen molar-refractivity contribution >= 4 is 32.3 Å². The predicted molar refractivity (Wildman–Crippen MR) is 152 cm³/mol. The van der Waals surface area contributed by atoms with Crippen LogP contribution in [0.5, 0.6) is 11.5 Å². The molecule has 5 aromatic rings. The maximum absolute atomic E-state index is 14.3. The Kier molecular flexibility index (Phi) is 5.35. The number of aromatic nitrogens is 1. The maximum atomic E-state index is 14.3. The zero-order valence-electron chi connectivity index (χ0n) is 22.9. The zero-order chi connectivity index (χ0) is 26.2. The third-order valence-corrected chi connectivity index (χ3v) is 7.65. The average molecular weight is 493 g/mol. The van der Waals surface area contributed by atoms with Gasteiger partial charge in [-0.05, 0) is 82.0 Å². The third kappa shape index (κ3) is 3.87. The molecule has 0 radical (unpaired) electrons. The van der Waals surface area contributed by atoms with Crippen molar-refractivity contribution in [1.29, 1.82) is 0 Å². The Morgan fingerprint density at radius 3 is 2.43 bits per heavy atom. The fourth-order valence-corrected chi connectivity index (χ4v) is 6.16. The lowest BCUT2D eigenvalue weighted by Crippen LogP contribution is -2.32. The number of ether oxygens (including phenoxy) is 1. The lowest BCUT2D eigenvalue weighted by atomic mass is 9.81. The van der Waals surface area contributed by atoms with Crippen LogP contribution in [0.15, 0.2) is 54.7 Å². The molecule has 1 aliphatic heterocycles. The van der Waals surface area contributed by atoms with Crippen LogP contribution >= 0.6 is 0 Å². The molecule has 4 aromatic carbocycles. The Bertz CT molecular complexity index is 1740. The van der Waals surface area contributed by atoms with E-state index in [0.717, 1.165) is 57.1 Å². The van der Waals surface area contributed by atoms with Crippen molar-refractivity contribution in [2.45, 2.75) is 54.4 Å². The molecule has 0 saturated heterocycles. The van der Waals surface area contributed by atoms with Gasteiger partial charge in [0.15, 0.2) is 6.20 Å². The molecule has 2 heterocycles. The number of fused-ring (bicyclic) bond motifs is 5. The van der Waals surface area contributed by atoms with E-state index in [-0.39, 0.29) is 11.2 Å². The van der Waals surface area contributed by atoms with Gasteiger partial charge in [-0.2, -0.15) is 0 Å². The van der Waals surface area contributed by atoms with Gasteiger partial charge in [-0.3, -0.25) is 0 Å². The van der Waals surface area contributed by atoms with E-state index in [9.17, 15) is 4.39 Å². The molecule has 0 spiro atoms.